The molecule has 0 aliphatic rings. The summed E-state index contributed by atoms with van der Waals surface area (Å²) < 4.78 is 27.8. The fourth-order valence-electron chi connectivity index (χ4n) is 1.11. The molecule has 0 saturated heterocycles. The van der Waals surface area contributed by atoms with Crippen LogP contribution in [0.1, 0.15) is 5.56 Å². The molecule has 82 valence electrons. The summed E-state index contributed by atoms with van der Waals surface area (Å²) in [6.45, 7) is -2.27. The average molecular weight is 215 g/mol. The van der Waals surface area contributed by atoms with Gasteiger partial charge in [0.15, 0.2) is 0 Å². The highest BCUT2D eigenvalue weighted by molar-refractivity contribution is 5.45. The van der Waals surface area contributed by atoms with Gasteiger partial charge in [0.05, 0.1) is 0 Å². The van der Waals surface area contributed by atoms with E-state index in [1.165, 1.54) is 12.1 Å². The van der Waals surface area contributed by atoms with Crippen LogP contribution in [0.5, 0.6) is 5.75 Å². The SMILES string of the molecule is O=CNCCc1ccc(OC(F)F)cc1. The number of rotatable bonds is 6. The maximum atomic E-state index is 11.8. The predicted molar refractivity (Wildman–Crippen MR) is 50.8 cm³/mol. The number of hydrogen-bond donors (Lipinski definition) is 1. The first-order valence-corrected chi connectivity index (χ1v) is 4.43. The van der Waals surface area contributed by atoms with Crippen LogP contribution in [0, 0.1) is 0 Å². The van der Waals surface area contributed by atoms with E-state index in [1.54, 1.807) is 12.1 Å². The quantitative estimate of drug-likeness (QED) is 0.578. The lowest BCUT2D eigenvalue weighted by molar-refractivity contribution is -0.109. The molecular weight excluding hydrogens is 204 g/mol. The summed E-state index contributed by atoms with van der Waals surface area (Å²) in [5.41, 5.74) is 0.950. The second kappa shape index (κ2) is 5.95. The predicted octanol–water partition coefficient (Wildman–Crippen LogP) is 1.58. The number of hydrogen-bond acceptors (Lipinski definition) is 2. The van der Waals surface area contributed by atoms with Crippen LogP contribution in [-0.2, 0) is 11.2 Å². The molecule has 1 aromatic carbocycles. The van der Waals surface area contributed by atoms with Crippen LogP contribution < -0.4 is 10.1 Å². The molecule has 1 rings (SSSR count). The van der Waals surface area contributed by atoms with Crippen LogP contribution >= 0.6 is 0 Å². The average Bonchev–Trinajstić information content (AvgIpc) is 2.20. The third-order valence-electron chi connectivity index (χ3n) is 1.79. The van der Waals surface area contributed by atoms with Crippen LogP contribution in [0.15, 0.2) is 24.3 Å². The highest BCUT2D eigenvalue weighted by Gasteiger charge is 2.03. The van der Waals surface area contributed by atoms with Crippen LogP contribution in [0.2, 0.25) is 0 Å². The molecule has 3 nitrogen and oxygen atoms in total. The van der Waals surface area contributed by atoms with Crippen molar-refractivity contribution in [3.63, 3.8) is 0 Å². The van der Waals surface area contributed by atoms with E-state index in [0.29, 0.717) is 19.4 Å². The third kappa shape index (κ3) is 4.39. The fourth-order valence-corrected chi connectivity index (χ4v) is 1.11. The summed E-state index contributed by atoms with van der Waals surface area (Å²) in [4.78, 5) is 9.96. The van der Waals surface area contributed by atoms with Crippen LogP contribution in [0.4, 0.5) is 8.78 Å². The molecule has 0 aromatic heterocycles. The maximum absolute atomic E-state index is 11.8. The van der Waals surface area contributed by atoms with E-state index in [0.717, 1.165) is 5.56 Å². The van der Waals surface area contributed by atoms with Crippen molar-refractivity contribution in [2.24, 2.45) is 0 Å². The molecule has 0 aliphatic heterocycles. The largest absolute Gasteiger partial charge is 0.435 e. The van der Waals surface area contributed by atoms with Gasteiger partial charge in [0, 0.05) is 6.54 Å². The lowest BCUT2D eigenvalue weighted by atomic mass is 10.1. The van der Waals surface area contributed by atoms with Crippen LogP contribution in [-0.4, -0.2) is 19.6 Å². The minimum atomic E-state index is -2.80. The molecule has 0 radical (unpaired) electrons. The van der Waals surface area contributed by atoms with Gasteiger partial charge in [0.25, 0.3) is 0 Å². The zero-order chi connectivity index (χ0) is 11.1. The first kappa shape index (κ1) is 11.4. The van der Waals surface area contributed by atoms with Gasteiger partial charge >= 0.3 is 6.61 Å². The Labute approximate surface area is 86.0 Å². The van der Waals surface area contributed by atoms with E-state index in [-0.39, 0.29) is 5.75 Å². The van der Waals surface area contributed by atoms with Gasteiger partial charge in [0.2, 0.25) is 6.41 Å². The van der Waals surface area contributed by atoms with E-state index >= 15 is 0 Å². The van der Waals surface area contributed by atoms with Crippen molar-refractivity contribution >= 4 is 6.41 Å². The van der Waals surface area contributed by atoms with Gasteiger partial charge in [-0.05, 0) is 24.1 Å². The molecule has 0 atom stereocenters. The standard InChI is InChI=1S/C10H11F2NO2/c11-10(12)15-9-3-1-8(2-4-9)5-6-13-7-14/h1-4,7,10H,5-6H2,(H,13,14). The summed E-state index contributed by atoms with van der Waals surface area (Å²) in [6, 6.07) is 6.32. The summed E-state index contributed by atoms with van der Waals surface area (Å²) in [7, 11) is 0. The lowest BCUT2D eigenvalue weighted by Gasteiger charge is -2.05. The Morgan fingerprint density at radius 1 is 1.33 bits per heavy atom. The van der Waals surface area contributed by atoms with Gasteiger partial charge in [-0.3, -0.25) is 4.79 Å². The Bertz CT molecular complexity index is 301. The molecule has 0 fully saturated rings. The Balaban J connectivity index is 2.45. The molecule has 0 saturated carbocycles. The van der Waals surface area contributed by atoms with E-state index in [4.69, 9.17) is 0 Å². The molecule has 0 aliphatic carbocycles. The number of halogens is 2. The zero-order valence-electron chi connectivity index (χ0n) is 7.95. The number of amides is 1. The first-order chi connectivity index (χ1) is 7.22. The molecule has 1 N–H and O–H groups in total. The van der Waals surface area contributed by atoms with E-state index < -0.39 is 6.61 Å². The normalized spacial score (nSPS) is 10.1. The van der Waals surface area contributed by atoms with Crippen molar-refractivity contribution < 1.29 is 18.3 Å². The first-order valence-electron chi connectivity index (χ1n) is 4.43. The van der Waals surface area contributed by atoms with Crippen molar-refractivity contribution in [3.8, 4) is 5.75 Å². The second-order valence-corrected chi connectivity index (χ2v) is 2.84. The Morgan fingerprint density at radius 2 is 2.00 bits per heavy atom. The minimum Gasteiger partial charge on any atom is -0.435 e. The van der Waals surface area contributed by atoms with E-state index in [2.05, 4.69) is 10.1 Å². The van der Waals surface area contributed by atoms with Gasteiger partial charge in [-0.15, -0.1) is 0 Å². The number of nitrogens with one attached hydrogen (secondary N) is 1. The van der Waals surface area contributed by atoms with Gasteiger partial charge in [0.1, 0.15) is 5.75 Å². The lowest BCUT2D eigenvalue weighted by Crippen LogP contribution is -2.14. The van der Waals surface area contributed by atoms with Crippen molar-refractivity contribution in [2.45, 2.75) is 13.0 Å². The van der Waals surface area contributed by atoms with Gasteiger partial charge in [-0.1, -0.05) is 12.1 Å². The van der Waals surface area contributed by atoms with E-state index in [1.807, 2.05) is 0 Å². The smallest absolute Gasteiger partial charge is 0.387 e. The Morgan fingerprint density at radius 3 is 2.53 bits per heavy atom. The number of carbonyl (C=O) groups excluding carboxylic acids is 1. The molecule has 1 amide bonds. The molecule has 0 spiro atoms. The number of benzene rings is 1. The summed E-state index contributed by atoms with van der Waals surface area (Å²) in [5.74, 6) is 0.136. The van der Waals surface area contributed by atoms with Gasteiger partial charge in [-0.2, -0.15) is 8.78 Å². The number of ether oxygens (including phenoxy) is 1. The zero-order valence-corrected chi connectivity index (χ0v) is 7.95. The number of alkyl halides is 2. The fraction of sp³-hybridized carbons (Fsp3) is 0.300. The van der Waals surface area contributed by atoms with Gasteiger partial charge < -0.3 is 10.1 Å². The number of carbonyl (C=O) groups is 1. The molecular formula is C10H11F2NO2. The third-order valence-corrected chi connectivity index (χ3v) is 1.79. The highest BCUT2D eigenvalue weighted by atomic mass is 19.3. The van der Waals surface area contributed by atoms with Crippen molar-refractivity contribution in [2.75, 3.05) is 6.54 Å². The summed E-state index contributed by atoms with van der Waals surface area (Å²) >= 11 is 0. The van der Waals surface area contributed by atoms with Crippen molar-refractivity contribution in [1.29, 1.82) is 0 Å². The van der Waals surface area contributed by atoms with Crippen LogP contribution in [0.25, 0.3) is 0 Å². The Hall–Kier alpha value is -1.65. The summed E-state index contributed by atoms with van der Waals surface area (Å²) in [5, 5.41) is 2.51. The summed E-state index contributed by atoms with van der Waals surface area (Å²) in [6.07, 6.45) is 1.28. The van der Waals surface area contributed by atoms with E-state index in [9.17, 15) is 13.6 Å². The Kier molecular flexibility index (Phi) is 4.53. The molecule has 1 aromatic rings. The second-order valence-electron chi connectivity index (χ2n) is 2.84. The van der Waals surface area contributed by atoms with Crippen molar-refractivity contribution in [3.05, 3.63) is 29.8 Å². The van der Waals surface area contributed by atoms with Crippen molar-refractivity contribution in [1.82, 2.24) is 5.32 Å². The molecule has 15 heavy (non-hydrogen) atoms. The monoisotopic (exact) mass is 215 g/mol. The molecule has 0 unspecified atom stereocenters. The van der Waals surface area contributed by atoms with Crippen LogP contribution in [0.3, 0.4) is 0 Å². The van der Waals surface area contributed by atoms with Gasteiger partial charge in [-0.25, -0.2) is 0 Å². The molecule has 0 bridgehead atoms. The maximum Gasteiger partial charge on any atom is 0.387 e. The minimum absolute atomic E-state index is 0.136. The topological polar surface area (TPSA) is 38.3 Å². The molecule has 0 heterocycles. The molecule has 5 heteroatoms. The highest BCUT2D eigenvalue weighted by Crippen LogP contribution is 2.14.